The zero-order valence-corrected chi connectivity index (χ0v) is 17.4. The van der Waals surface area contributed by atoms with E-state index in [1.165, 1.54) is 6.21 Å². The Morgan fingerprint density at radius 2 is 1.73 bits per heavy atom. The summed E-state index contributed by atoms with van der Waals surface area (Å²) in [6.07, 6.45) is 1.48. The molecule has 0 atom stereocenters. The number of rotatable bonds is 7. The van der Waals surface area contributed by atoms with E-state index in [4.69, 9.17) is 9.47 Å². The van der Waals surface area contributed by atoms with Crippen LogP contribution in [0.25, 0.3) is 0 Å². The number of carbonyl (C=O) groups excluding carboxylic acids is 1. The van der Waals surface area contributed by atoms with Crippen LogP contribution in [0, 0.1) is 0 Å². The van der Waals surface area contributed by atoms with E-state index in [9.17, 15) is 9.90 Å². The molecule has 1 amide bonds. The molecule has 2 rings (SSSR count). The number of phenols is 1. The zero-order chi connectivity index (χ0) is 19.1. The molecule has 138 valence electrons. The quantitative estimate of drug-likeness (QED) is 0.447. The Balaban J connectivity index is 2.11. The first-order valence-corrected chi connectivity index (χ1v) is 9.45. The van der Waals surface area contributed by atoms with E-state index in [1.807, 2.05) is 13.8 Å². The molecule has 0 saturated heterocycles. The highest BCUT2D eigenvalue weighted by Gasteiger charge is 2.11. The number of ether oxygens (including phenoxy) is 2. The maximum atomic E-state index is 12.3. The summed E-state index contributed by atoms with van der Waals surface area (Å²) >= 11 is 6.48. The second-order valence-electron chi connectivity index (χ2n) is 5.06. The highest BCUT2D eigenvalue weighted by molar-refractivity contribution is 9.11. The molecule has 6 nitrogen and oxygen atoms in total. The van der Waals surface area contributed by atoms with E-state index in [0.717, 1.165) is 0 Å². The van der Waals surface area contributed by atoms with Crippen molar-refractivity contribution in [3.63, 3.8) is 0 Å². The van der Waals surface area contributed by atoms with E-state index in [-0.39, 0.29) is 11.7 Å². The van der Waals surface area contributed by atoms with Gasteiger partial charge in [0, 0.05) is 5.56 Å². The Morgan fingerprint density at radius 1 is 1.12 bits per heavy atom. The molecule has 2 aromatic carbocycles. The minimum atomic E-state index is -0.373. The van der Waals surface area contributed by atoms with Crippen molar-refractivity contribution in [2.75, 3.05) is 13.2 Å². The number of nitrogens with one attached hydrogen (secondary N) is 1. The number of benzene rings is 2. The van der Waals surface area contributed by atoms with Gasteiger partial charge < -0.3 is 14.6 Å². The van der Waals surface area contributed by atoms with Crippen molar-refractivity contribution in [2.24, 2.45) is 5.10 Å². The standard InChI is InChI=1S/C18H18Br2N2O4/c1-3-25-15-6-5-12(9-16(15)26-4-2)18(24)22-21-10-11-7-13(19)17(23)14(20)8-11/h5-10,23H,3-4H2,1-2H3,(H,22,24)/b21-10+. The van der Waals surface area contributed by atoms with Gasteiger partial charge in [-0.1, -0.05) is 0 Å². The fraction of sp³-hybridized carbons (Fsp3) is 0.222. The van der Waals surface area contributed by atoms with Crippen LogP contribution in [0.4, 0.5) is 0 Å². The molecule has 0 spiro atoms. The molecule has 0 unspecified atom stereocenters. The predicted octanol–water partition coefficient (Wildman–Crippen LogP) is 4.48. The lowest BCUT2D eigenvalue weighted by Crippen LogP contribution is -2.17. The summed E-state index contributed by atoms with van der Waals surface area (Å²) in [5.41, 5.74) is 3.57. The van der Waals surface area contributed by atoms with Crippen molar-refractivity contribution >= 4 is 44.0 Å². The number of halogens is 2. The summed E-state index contributed by atoms with van der Waals surface area (Å²) in [7, 11) is 0. The van der Waals surface area contributed by atoms with Crippen LogP contribution in [0.2, 0.25) is 0 Å². The first-order valence-electron chi connectivity index (χ1n) is 7.87. The first kappa shape index (κ1) is 20.3. The summed E-state index contributed by atoms with van der Waals surface area (Å²) < 4.78 is 12.0. The number of hydrogen-bond acceptors (Lipinski definition) is 5. The molecule has 0 aliphatic carbocycles. The van der Waals surface area contributed by atoms with Crippen LogP contribution in [0.15, 0.2) is 44.4 Å². The van der Waals surface area contributed by atoms with Crippen LogP contribution in [0.1, 0.15) is 29.8 Å². The molecule has 0 aliphatic rings. The average Bonchev–Trinajstić information content (AvgIpc) is 2.61. The Labute approximate surface area is 168 Å². The highest BCUT2D eigenvalue weighted by Crippen LogP contribution is 2.32. The normalized spacial score (nSPS) is 10.8. The molecule has 0 aromatic heterocycles. The van der Waals surface area contributed by atoms with Crippen molar-refractivity contribution in [1.82, 2.24) is 5.43 Å². The minimum absolute atomic E-state index is 0.101. The molecule has 8 heteroatoms. The van der Waals surface area contributed by atoms with Crippen LogP contribution >= 0.6 is 31.9 Å². The minimum Gasteiger partial charge on any atom is -0.506 e. The lowest BCUT2D eigenvalue weighted by atomic mass is 10.2. The lowest BCUT2D eigenvalue weighted by Gasteiger charge is -2.11. The predicted molar refractivity (Wildman–Crippen MR) is 107 cm³/mol. The monoisotopic (exact) mass is 484 g/mol. The fourth-order valence-electron chi connectivity index (χ4n) is 2.08. The number of aromatic hydroxyl groups is 1. The van der Waals surface area contributed by atoms with Gasteiger partial charge in [-0.05, 0) is 81.6 Å². The van der Waals surface area contributed by atoms with Crippen molar-refractivity contribution < 1.29 is 19.4 Å². The first-order chi connectivity index (χ1) is 12.5. The molecule has 2 N–H and O–H groups in total. The van der Waals surface area contributed by atoms with Gasteiger partial charge in [0.15, 0.2) is 11.5 Å². The lowest BCUT2D eigenvalue weighted by molar-refractivity contribution is 0.0954. The fourth-order valence-corrected chi connectivity index (χ4v) is 3.30. The smallest absolute Gasteiger partial charge is 0.271 e. The van der Waals surface area contributed by atoms with Crippen molar-refractivity contribution in [1.29, 1.82) is 0 Å². The summed E-state index contributed by atoms with van der Waals surface area (Å²) in [6, 6.07) is 8.32. The maximum absolute atomic E-state index is 12.3. The molecule has 26 heavy (non-hydrogen) atoms. The summed E-state index contributed by atoms with van der Waals surface area (Å²) in [5.74, 6) is 0.830. The second kappa shape index (κ2) is 9.59. The van der Waals surface area contributed by atoms with E-state index in [2.05, 4.69) is 42.4 Å². The second-order valence-corrected chi connectivity index (χ2v) is 6.77. The highest BCUT2D eigenvalue weighted by atomic mass is 79.9. The van der Waals surface area contributed by atoms with Gasteiger partial charge in [0.25, 0.3) is 5.91 Å². The van der Waals surface area contributed by atoms with Crippen LogP contribution in [0.5, 0.6) is 17.2 Å². The molecule has 0 aliphatic heterocycles. The van der Waals surface area contributed by atoms with Crippen molar-refractivity contribution in [3.05, 3.63) is 50.4 Å². The number of carbonyl (C=O) groups is 1. The van der Waals surface area contributed by atoms with Gasteiger partial charge in [0.2, 0.25) is 0 Å². The van der Waals surface area contributed by atoms with E-state index in [1.54, 1.807) is 30.3 Å². The summed E-state index contributed by atoms with van der Waals surface area (Å²) in [5, 5.41) is 13.6. The van der Waals surface area contributed by atoms with E-state index in [0.29, 0.717) is 44.8 Å². The third kappa shape index (κ3) is 5.22. The number of hydrazone groups is 1. The molecular weight excluding hydrogens is 468 g/mol. The molecule has 0 radical (unpaired) electrons. The zero-order valence-electron chi connectivity index (χ0n) is 14.3. The molecule has 2 aromatic rings. The number of nitrogens with zero attached hydrogens (tertiary/aromatic N) is 1. The Morgan fingerprint density at radius 3 is 2.35 bits per heavy atom. The molecular formula is C18H18Br2N2O4. The van der Waals surface area contributed by atoms with E-state index < -0.39 is 0 Å². The number of phenolic OH excluding ortho intramolecular Hbond substituents is 1. The number of hydrogen-bond donors (Lipinski definition) is 2. The Kier molecular flexibility index (Phi) is 7.47. The third-order valence-electron chi connectivity index (χ3n) is 3.22. The van der Waals surface area contributed by atoms with Crippen LogP contribution < -0.4 is 14.9 Å². The molecule has 0 saturated carbocycles. The largest absolute Gasteiger partial charge is 0.506 e. The summed E-state index contributed by atoms with van der Waals surface area (Å²) in [4.78, 5) is 12.3. The summed E-state index contributed by atoms with van der Waals surface area (Å²) in [6.45, 7) is 4.72. The topological polar surface area (TPSA) is 80.2 Å². The van der Waals surface area contributed by atoms with Gasteiger partial charge in [-0.3, -0.25) is 4.79 Å². The molecule has 0 fully saturated rings. The third-order valence-corrected chi connectivity index (χ3v) is 4.43. The van der Waals surface area contributed by atoms with Gasteiger partial charge in [-0.15, -0.1) is 0 Å². The van der Waals surface area contributed by atoms with E-state index >= 15 is 0 Å². The Hall–Kier alpha value is -2.06. The number of amides is 1. The van der Waals surface area contributed by atoms with Crippen LogP contribution in [0.3, 0.4) is 0 Å². The van der Waals surface area contributed by atoms with Gasteiger partial charge in [0.1, 0.15) is 5.75 Å². The average molecular weight is 486 g/mol. The van der Waals surface area contributed by atoms with Crippen molar-refractivity contribution in [2.45, 2.75) is 13.8 Å². The van der Waals surface area contributed by atoms with Gasteiger partial charge in [-0.2, -0.15) is 5.10 Å². The van der Waals surface area contributed by atoms with Gasteiger partial charge in [0.05, 0.1) is 28.4 Å². The van der Waals surface area contributed by atoms with Gasteiger partial charge in [-0.25, -0.2) is 5.43 Å². The van der Waals surface area contributed by atoms with Crippen LogP contribution in [-0.4, -0.2) is 30.4 Å². The van der Waals surface area contributed by atoms with Gasteiger partial charge >= 0.3 is 0 Å². The molecule has 0 bridgehead atoms. The molecule has 0 heterocycles. The SMILES string of the molecule is CCOc1ccc(C(=O)N/N=C/c2cc(Br)c(O)c(Br)c2)cc1OCC. The van der Waals surface area contributed by atoms with Crippen molar-refractivity contribution in [3.8, 4) is 17.2 Å². The Bertz CT molecular complexity index is 802. The van der Waals surface area contributed by atoms with Crippen LogP contribution in [-0.2, 0) is 0 Å². The maximum Gasteiger partial charge on any atom is 0.271 e.